The first kappa shape index (κ1) is 19.7. The zero-order chi connectivity index (χ0) is 20.0. The lowest BCUT2D eigenvalue weighted by Gasteiger charge is -2.56. The Kier molecular flexibility index (Phi) is 4.75. The van der Waals surface area contributed by atoms with Crippen molar-refractivity contribution in [3.05, 3.63) is 35.4 Å². The number of benzene rings is 1. The minimum Gasteiger partial charge on any atom is -0.481 e. The molecule has 1 heterocycles. The fourth-order valence-electron chi connectivity index (χ4n) is 4.69. The van der Waals surface area contributed by atoms with Gasteiger partial charge in [0.1, 0.15) is 5.60 Å². The molecule has 0 radical (unpaired) electrons. The van der Waals surface area contributed by atoms with Crippen molar-refractivity contribution < 1.29 is 19.4 Å². The summed E-state index contributed by atoms with van der Waals surface area (Å²) >= 11 is 0. The molecule has 148 valence electrons. The summed E-state index contributed by atoms with van der Waals surface area (Å²) in [6.07, 6.45) is 1.52. The number of carboxylic acids is 1. The molecule has 1 spiro atoms. The highest BCUT2D eigenvalue weighted by atomic mass is 16.6. The lowest BCUT2D eigenvalue weighted by atomic mass is 9.50. The molecule has 2 atom stereocenters. The number of rotatable bonds is 1. The van der Waals surface area contributed by atoms with E-state index in [1.807, 2.05) is 45.0 Å². The first-order valence-corrected chi connectivity index (χ1v) is 9.55. The number of nitrogens with zero attached hydrogens (tertiary/aromatic N) is 1. The summed E-state index contributed by atoms with van der Waals surface area (Å²) in [6, 6.07) is 7.28. The molecule has 0 bridgehead atoms. The number of piperidine rings is 1. The molecule has 1 amide bonds. The third-order valence-electron chi connectivity index (χ3n) is 6.46. The second-order valence-corrected chi connectivity index (χ2v) is 9.11. The number of hydrogen-bond acceptors (Lipinski definition) is 4. The molecule has 1 aliphatic carbocycles. The van der Waals surface area contributed by atoms with Crippen LogP contribution in [-0.4, -0.2) is 40.8 Å². The third kappa shape index (κ3) is 3.20. The molecular weight excluding hydrogens is 344 g/mol. The first-order valence-electron chi connectivity index (χ1n) is 9.55. The highest BCUT2D eigenvalue weighted by Gasteiger charge is 2.60. The van der Waals surface area contributed by atoms with Gasteiger partial charge in [-0.1, -0.05) is 24.3 Å². The lowest BCUT2D eigenvalue weighted by Crippen LogP contribution is -2.60. The fraction of sp³-hybridized carbons (Fsp3) is 0.619. The Labute approximate surface area is 160 Å². The van der Waals surface area contributed by atoms with Gasteiger partial charge in [0, 0.05) is 19.1 Å². The summed E-state index contributed by atoms with van der Waals surface area (Å²) in [5.41, 5.74) is 6.45. The van der Waals surface area contributed by atoms with Crippen LogP contribution in [0.5, 0.6) is 0 Å². The SMILES string of the molecule is CC(C)(C)OC(=O)N1CCC2(CC1)Cc1ccccc1C(N)C2(C)C(=O)O. The molecular formula is C21H30N2O4. The number of nitrogens with two attached hydrogens (primary N) is 1. The molecule has 2 unspecified atom stereocenters. The van der Waals surface area contributed by atoms with Crippen molar-refractivity contribution in [2.75, 3.05) is 13.1 Å². The third-order valence-corrected chi connectivity index (χ3v) is 6.46. The second-order valence-electron chi connectivity index (χ2n) is 9.11. The predicted molar refractivity (Wildman–Crippen MR) is 102 cm³/mol. The van der Waals surface area contributed by atoms with Crippen molar-refractivity contribution in [1.29, 1.82) is 0 Å². The van der Waals surface area contributed by atoms with E-state index in [1.165, 1.54) is 0 Å². The van der Waals surface area contributed by atoms with Gasteiger partial charge in [-0.2, -0.15) is 0 Å². The van der Waals surface area contributed by atoms with Gasteiger partial charge in [0.25, 0.3) is 0 Å². The minimum atomic E-state index is -1.08. The highest BCUT2D eigenvalue weighted by molar-refractivity contribution is 5.78. The van der Waals surface area contributed by atoms with E-state index in [1.54, 1.807) is 11.8 Å². The first-order chi connectivity index (χ1) is 12.5. The van der Waals surface area contributed by atoms with Crippen LogP contribution in [0.25, 0.3) is 0 Å². The van der Waals surface area contributed by atoms with Gasteiger partial charge in [0.2, 0.25) is 0 Å². The molecule has 27 heavy (non-hydrogen) atoms. The Balaban J connectivity index is 1.89. The smallest absolute Gasteiger partial charge is 0.410 e. The fourth-order valence-corrected chi connectivity index (χ4v) is 4.69. The molecule has 6 heteroatoms. The van der Waals surface area contributed by atoms with E-state index >= 15 is 0 Å². The summed E-state index contributed by atoms with van der Waals surface area (Å²) in [6.45, 7) is 8.26. The van der Waals surface area contributed by atoms with Crippen molar-refractivity contribution in [2.45, 2.75) is 58.6 Å². The van der Waals surface area contributed by atoms with E-state index in [0.29, 0.717) is 32.4 Å². The van der Waals surface area contributed by atoms with Crippen LogP contribution >= 0.6 is 0 Å². The zero-order valence-corrected chi connectivity index (χ0v) is 16.6. The maximum Gasteiger partial charge on any atom is 0.410 e. The zero-order valence-electron chi connectivity index (χ0n) is 16.6. The van der Waals surface area contributed by atoms with Gasteiger partial charge in [0.15, 0.2) is 0 Å². The maximum atomic E-state index is 12.4. The van der Waals surface area contributed by atoms with Crippen LogP contribution in [0, 0.1) is 10.8 Å². The van der Waals surface area contributed by atoms with Crippen LogP contribution in [0.2, 0.25) is 0 Å². The average molecular weight is 374 g/mol. The quantitative estimate of drug-likeness (QED) is 0.786. The average Bonchev–Trinajstić information content (AvgIpc) is 2.58. The van der Waals surface area contributed by atoms with Crippen LogP contribution in [0.3, 0.4) is 0 Å². The van der Waals surface area contributed by atoms with Gasteiger partial charge in [-0.15, -0.1) is 0 Å². The Bertz CT molecular complexity index is 747. The molecule has 3 rings (SSSR count). The number of ether oxygens (including phenoxy) is 1. The molecule has 3 N–H and O–H groups in total. The molecule has 0 aromatic heterocycles. The number of amides is 1. The van der Waals surface area contributed by atoms with Crippen molar-refractivity contribution in [3.63, 3.8) is 0 Å². The van der Waals surface area contributed by atoms with E-state index in [4.69, 9.17) is 10.5 Å². The molecule has 2 aliphatic rings. The molecule has 6 nitrogen and oxygen atoms in total. The minimum absolute atomic E-state index is 0.338. The maximum absolute atomic E-state index is 12.4. The molecule has 0 saturated carbocycles. The second kappa shape index (κ2) is 6.51. The van der Waals surface area contributed by atoms with Gasteiger partial charge < -0.3 is 20.5 Å². The Morgan fingerprint density at radius 3 is 2.37 bits per heavy atom. The van der Waals surface area contributed by atoms with Crippen LogP contribution in [0.1, 0.15) is 57.7 Å². The molecule has 1 saturated heterocycles. The largest absolute Gasteiger partial charge is 0.481 e. The summed E-state index contributed by atoms with van der Waals surface area (Å²) < 4.78 is 5.48. The Hall–Kier alpha value is -2.08. The van der Waals surface area contributed by atoms with Crippen LogP contribution in [0.15, 0.2) is 24.3 Å². The summed E-state index contributed by atoms with van der Waals surface area (Å²) in [4.78, 5) is 26.5. The van der Waals surface area contributed by atoms with E-state index < -0.39 is 28.4 Å². The molecule has 1 aromatic rings. The standard InChI is InChI=1S/C21H30N2O4/c1-19(2,3)27-18(26)23-11-9-21(10-12-23)13-14-7-5-6-8-15(14)16(22)20(21,4)17(24)25/h5-8,16H,9-13,22H2,1-4H3,(H,24,25). The summed E-state index contributed by atoms with van der Waals surface area (Å²) in [7, 11) is 0. The Morgan fingerprint density at radius 1 is 1.22 bits per heavy atom. The van der Waals surface area contributed by atoms with Gasteiger partial charge in [-0.3, -0.25) is 4.79 Å². The normalized spacial score (nSPS) is 27.1. The van der Waals surface area contributed by atoms with Gasteiger partial charge >= 0.3 is 12.1 Å². The lowest BCUT2D eigenvalue weighted by molar-refractivity contribution is -0.164. The molecule has 1 aromatic carbocycles. The van der Waals surface area contributed by atoms with Gasteiger partial charge in [-0.25, -0.2) is 4.79 Å². The van der Waals surface area contributed by atoms with Crippen molar-refractivity contribution in [2.24, 2.45) is 16.6 Å². The van der Waals surface area contributed by atoms with E-state index in [2.05, 4.69) is 0 Å². The van der Waals surface area contributed by atoms with Crippen LogP contribution in [0.4, 0.5) is 4.79 Å². The van der Waals surface area contributed by atoms with Crippen LogP contribution < -0.4 is 5.73 Å². The monoisotopic (exact) mass is 374 g/mol. The van der Waals surface area contributed by atoms with Crippen molar-refractivity contribution in [3.8, 4) is 0 Å². The predicted octanol–water partition coefficient (Wildman–Crippen LogP) is 3.35. The topological polar surface area (TPSA) is 92.9 Å². The van der Waals surface area contributed by atoms with E-state index in [-0.39, 0.29) is 6.09 Å². The summed E-state index contributed by atoms with van der Waals surface area (Å²) in [5, 5.41) is 10.2. The van der Waals surface area contributed by atoms with Crippen molar-refractivity contribution >= 4 is 12.1 Å². The van der Waals surface area contributed by atoms with Gasteiger partial charge in [-0.05, 0) is 63.5 Å². The summed E-state index contributed by atoms with van der Waals surface area (Å²) in [5.74, 6) is -0.866. The highest BCUT2D eigenvalue weighted by Crippen LogP contribution is 2.58. The molecule has 1 fully saturated rings. The number of hydrogen-bond donors (Lipinski definition) is 2. The number of fused-ring (bicyclic) bond motifs is 1. The van der Waals surface area contributed by atoms with E-state index in [9.17, 15) is 14.7 Å². The molecule has 1 aliphatic heterocycles. The van der Waals surface area contributed by atoms with Crippen LogP contribution in [-0.2, 0) is 16.0 Å². The number of carbonyl (C=O) groups is 2. The number of aliphatic carboxylic acids is 1. The number of carbonyl (C=O) groups excluding carboxylic acids is 1. The van der Waals surface area contributed by atoms with Gasteiger partial charge in [0.05, 0.1) is 5.41 Å². The Morgan fingerprint density at radius 2 is 1.81 bits per heavy atom. The number of likely N-dealkylation sites (tertiary alicyclic amines) is 1. The number of carboxylic acid groups (broad SMARTS) is 1. The van der Waals surface area contributed by atoms with E-state index in [0.717, 1.165) is 11.1 Å². The van der Waals surface area contributed by atoms with Crippen molar-refractivity contribution in [1.82, 2.24) is 4.90 Å².